The maximum Gasteiger partial charge on any atom is 0.129 e. The van der Waals surface area contributed by atoms with Gasteiger partial charge in [-0.1, -0.05) is 32.4 Å². The van der Waals surface area contributed by atoms with Gasteiger partial charge in [-0.15, -0.1) is 0 Å². The zero-order valence-electron chi connectivity index (χ0n) is 13.1. The summed E-state index contributed by atoms with van der Waals surface area (Å²) in [6.07, 6.45) is 1.42. The van der Waals surface area contributed by atoms with Crippen LogP contribution in [0, 0.1) is 0 Å². The third-order valence-electron chi connectivity index (χ3n) is 3.48. The Kier molecular flexibility index (Phi) is 6.54. The van der Waals surface area contributed by atoms with E-state index < -0.39 is 0 Å². The molecule has 0 amide bonds. The van der Waals surface area contributed by atoms with Crippen LogP contribution in [0.3, 0.4) is 0 Å². The molecule has 0 aliphatic rings. The van der Waals surface area contributed by atoms with E-state index in [1.807, 2.05) is 19.1 Å². The summed E-state index contributed by atoms with van der Waals surface area (Å²) in [6, 6.07) is 3.96. The Morgan fingerprint density at radius 3 is 2.35 bits per heavy atom. The van der Waals surface area contributed by atoms with Gasteiger partial charge in [-0.05, 0) is 55.4 Å². The average molecular weight is 297 g/mol. The number of ether oxygens (including phenoxy) is 1. The fourth-order valence-corrected chi connectivity index (χ4v) is 2.55. The lowest BCUT2D eigenvalue weighted by atomic mass is 9.90. The molecule has 0 aromatic heterocycles. The van der Waals surface area contributed by atoms with Crippen LogP contribution in [0.25, 0.3) is 0 Å². The number of Topliss-reactive ketones (excluding diaryl/α,β-unsaturated/α-hetero) is 1. The molecule has 112 valence electrons. The highest BCUT2D eigenvalue weighted by atomic mass is 35.5. The van der Waals surface area contributed by atoms with E-state index in [1.165, 1.54) is 0 Å². The molecule has 0 saturated heterocycles. The summed E-state index contributed by atoms with van der Waals surface area (Å²) >= 11 is 6.25. The molecule has 0 radical (unpaired) electrons. The fraction of sp³-hybridized carbons (Fsp3) is 0.588. The summed E-state index contributed by atoms with van der Waals surface area (Å²) in [5.41, 5.74) is 2.26. The lowest BCUT2D eigenvalue weighted by Crippen LogP contribution is -2.06. The van der Waals surface area contributed by atoms with Gasteiger partial charge in [0.2, 0.25) is 0 Å². The zero-order valence-corrected chi connectivity index (χ0v) is 13.9. The second-order valence-corrected chi connectivity index (χ2v) is 6.08. The number of carbonyl (C=O) groups is 1. The molecule has 20 heavy (non-hydrogen) atoms. The molecule has 2 nitrogen and oxygen atoms in total. The molecule has 0 N–H and O–H groups in total. The van der Waals surface area contributed by atoms with E-state index in [0.717, 1.165) is 28.3 Å². The number of halogens is 1. The number of hydrogen-bond donors (Lipinski definition) is 0. The van der Waals surface area contributed by atoms with Crippen molar-refractivity contribution in [1.29, 1.82) is 0 Å². The molecule has 0 heterocycles. The van der Waals surface area contributed by atoms with Crippen molar-refractivity contribution in [3.8, 4) is 5.75 Å². The van der Waals surface area contributed by atoms with Crippen molar-refractivity contribution in [2.45, 2.75) is 59.3 Å². The van der Waals surface area contributed by atoms with Gasteiger partial charge < -0.3 is 9.53 Å². The first-order valence-corrected chi connectivity index (χ1v) is 7.70. The van der Waals surface area contributed by atoms with Crippen molar-refractivity contribution < 1.29 is 9.53 Å². The number of ketones is 1. The van der Waals surface area contributed by atoms with Gasteiger partial charge >= 0.3 is 0 Å². The Morgan fingerprint density at radius 1 is 1.25 bits per heavy atom. The molecule has 0 saturated carbocycles. The molecule has 0 spiro atoms. The molecular weight excluding hydrogens is 272 g/mol. The fourth-order valence-electron chi connectivity index (χ4n) is 2.32. The number of hydrogen-bond acceptors (Lipinski definition) is 2. The topological polar surface area (TPSA) is 26.3 Å². The normalized spacial score (nSPS) is 12.6. The summed E-state index contributed by atoms with van der Waals surface area (Å²) in [5, 5.41) is 0.738. The minimum atomic E-state index is 0.223. The summed E-state index contributed by atoms with van der Waals surface area (Å²) in [5.74, 6) is 1.79. The van der Waals surface area contributed by atoms with Gasteiger partial charge in [0.25, 0.3) is 0 Å². The maximum atomic E-state index is 11.2. The van der Waals surface area contributed by atoms with Crippen LogP contribution in [0.15, 0.2) is 12.1 Å². The molecule has 0 aliphatic carbocycles. The Hall–Kier alpha value is -1.02. The second-order valence-electron chi connectivity index (χ2n) is 5.64. The second kappa shape index (κ2) is 7.68. The van der Waals surface area contributed by atoms with Crippen LogP contribution >= 0.6 is 11.6 Å². The van der Waals surface area contributed by atoms with Crippen LogP contribution in [0.4, 0.5) is 0 Å². The minimum absolute atomic E-state index is 0.223. The molecule has 0 fully saturated rings. The zero-order chi connectivity index (χ0) is 15.3. The summed E-state index contributed by atoms with van der Waals surface area (Å²) in [6.45, 7) is 10.7. The summed E-state index contributed by atoms with van der Waals surface area (Å²) in [4.78, 5) is 11.2. The van der Waals surface area contributed by atoms with Gasteiger partial charge in [0, 0.05) is 11.4 Å². The SMILES string of the molecule is CCOc1c(C(C)C)cc(Cl)cc1C(C)CCC(C)=O. The van der Waals surface area contributed by atoms with Gasteiger partial charge in [0.1, 0.15) is 11.5 Å². The van der Waals surface area contributed by atoms with Gasteiger partial charge in [-0.25, -0.2) is 0 Å². The minimum Gasteiger partial charge on any atom is -0.493 e. The standard InChI is InChI=1S/C17H25ClO2/c1-6-20-17-15(11(2)3)9-14(18)10-16(17)12(4)7-8-13(5)19/h9-12H,6-8H2,1-5H3. The lowest BCUT2D eigenvalue weighted by Gasteiger charge is -2.21. The maximum absolute atomic E-state index is 11.2. The molecule has 0 aliphatic heterocycles. The van der Waals surface area contributed by atoms with Crippen LogP contribution in [-0.2, 0) is 4.79 Å². The van der Waals surface area contributed by atoms with E-state index >= 15 is 0 Å². The average Bonchev–Trinajstić information content (AvgIpc) is 2.37. The van der Waals surface area contributed by atoms with E-state index in [0.29, 0.717) is 18.9 Å². The monoisotopic (exact) mass is 296 g/mol. The highest BCUT2D eigenvalue weighted by molar-refractivity contribution is 6.30. The molecule has 1 atom stereocenters. The van der Waals surface area contributed by atoms with Crippen LogP contribution in [0.2, 0.25) is 5.02 Å². The highest BCUT2D eigenvalue weighted by Crippen LogP contribution is 2.38. The predicted octanol–water partition coefficient (Wildman–Crippen LogP) is 5.33. The molecule has 1 unspecified atom stereocenters. The van der Waals surface area contributed by atoms with Gasteiger partial charge in [-0.3, -0.25) is 0 Å². The quantitative estimate of drug-likeness (QED) is 0.679. The summed E-state index contributed by atoms with van der Waals surface area (Å²) < 4.78 is 5.87. The van der Waals surface area contributed by atoms with Gasteiger partial charge in [0.15, 0.2) is 0 Å². The smallest absolute Gasteiger partial charge is 0.129 e. The van der Waals surface area contributed by atoms with Crippen LogP contribution in [0.5, 0.6) is 5.75 Å². The van der Waals surface area contributed by atoms with Crippen molar-refractivity contribution in [2.75, 3.05) is 6.61 Å². The third-order valence-corrected chi connectivity index (χ3v) is 3.70. The van der Waals surface area contributed by atoms with Gasteiger partial charge in [0.05, 0.1) is 6.61 Å². The first-order valence-electron chi connectivity index (χ1n) is 7.32. The van der Waals surface area contributed by atoms with Crippen molar-refractivity contribution in [3.05, 3.63) is 28.3 Å². The first kappa shape index (κ1) is 17.0. The Morgan fingerprint density at radius 2 is 1.85 bits per heavy atom. The van der Waals surface area contributed by atoms with E-state index in [1.54, 1.807) is 6.92 Å². The number of benzene rings is 1. The molecule has 0 bridgehead atoms. The number of carbonyl (C=O) groups excluding carboxylic acids is 1. The predicted molar refractivity (Wildman–Crippen MR) is 85.0 cm³/mol. The van der Waals surface area contributed by atoms with Crippen LogP contribution < -0.4 is 4.74 Å². The third kappa shape index (κ3) is 4.52. The summed E-state index contributed by atoms with van der Waals surface area (Å²) in [7, 11) is 0. The first-order chi connectivity index (χ1) is 9.36. The Labute approximate surface area is 127 Å². The molecule has 3 heteroatoms. The van der Waals surface area contributed by atoms with E-state index in [-0.39, 0.29) is 11.7 Å². The van der Waals surface area contributed by atoms with E-state index in [9.17, 15) is 4.79 Å². The van der Waals surface area contributed by atoms with Crippen LogP contribution in [-0.4, -0.2) is 12.4 Å². The van der Waals surface area contributed by atoms with Crippen molar-refractivity contribution >= 4 is 17.4 Å². The number of rotatable bonds is 7. The van der Waals surface area contributed by atoms with Crippen molar-refractivity contribution in [1.82, 2.24) is 0 Å². The van der Waals surface area contributed by atoms with E-state index in [2.05, 4.69) is 20.8 Å². The van der Waals surface area contributed by atoms with Gasteiger partial charge in [-0.2, -0.15) is 0 Å². The molecule has 1 aromatic carbocycles. The van der Waals surface area contributed by atoms with Crippen molar-refractivity contribution in [3.63, 3.8) is 0 Å². The Bertz CT molecular complexity index is 466. The molecule has 1 rings (SSSR count). The highest BCUT2D eigenvalue weighted by Gasteiger charge is 2.19. The largest absolute Gasteiger partial charge is 0.493 e. The molecule has 1 aromatic rings. The van der Waals surface area contributed by atoms with Crippen LogP contribution in [0.1, 0.15) is 70.4 Å². The van der Waals surface area contributed by atoms with Crippen molar-refractivity contribution in [2.24, 2.45) is 0 Å². The molecular formula is C17H25ClO2. The van der Waals surface area contributed by atoms with E-state index in [4.69, 9.17) is 16.3 Å². The Balaban J connectivity index is 3.17. The lowest BCUT2D eigenvalue weighted by molar-refractivity contribution is -0.117.